The lowest BCUT2D eigenvalue weighted by Gasteiger charge is -2.36. The fourth-order valence-corrected chi connectivity index (χ4v) is 3.56. The number of nitrogens with two attached hydrogens (primary N) is 1. The van der Waals surface area contributed by atoms with Gasteiger partial charge in [0.2, 0.25) is 5.91 Å². The first-order valence-corrected chi connectivity index (χ1v) is 7.77. The Morgan fingerprint density at radius 2 is 2.15 bits per heavy atom. The number of carbonyl (C=O) groups is 1. The molecule has 3 nitrogen and oxygen atoms in total. The fraction of sp³-hybridized carbons (Fsp3) is 0.312. The zero-order valence-corrected chi connectivity index (χ0v) is 12.1. The van der Waals surface area contributed by atoms with Crippen LogP contribution >= 0.6 is 11.3 Å². The van der Waals surface area contributed by atoms with Crippen LogP contribution in [0.5, 0.6) is 0 Å². The van der Waals surface area contributed by atoms with Crippen LogP contribution in [-0.2, 0) is 17.6 Å². The molecule has 1 aromatic carbocycles. The number of hydrogen-bond acceptors (Lipinski definition) is 3. The van der Waals surface area contributed by atoms with Gasteiger partial charge in [0.25, 0.3) is 0 Å². The van der Waals surface area contributed by atoms with Crippen LogP contribution in [0.3, 0.4) is 0 Å². The molecule has 2 heterocycles. The highest BCUT2D eigenvalue weighted by molar-refractivity contribution is 7.10. The maximum Gasteiger partial charge on any atom is 0.228 e. The molecule has 2 aromatic rings. The standard InChI is InChI=1S/C16H18N2OS/c17-11-15-14-6-2-1-4-12(14)7-8-18(15)16(19)10-13-5-3-9-20-13/h1-6,9,15H,7-8,10-11,17H2. The Bertz CT molecular complexity index is 594. The van der Waals surface area contributed by atoms with E-state index in [1.165, 1.54) is 11.1 Å². The minimum Gasteiger partial charge on any atom is -0.334 e. The van der Waals surface area contributed by atoms with Gasteiger partial charge >= 0.3 is 0 Å². The van der Waals surface area contributed by atoms with E-state index in [1.807, 2.05) is 28.5 Å². The Hall–Kier alpha value is -1.65. The average molecular weight is 286 g/mol. The maximum atomic E-state index is 12.5. The van der Waals surface area contributed by atoms with Gasteiger partial charge in [-0.3, -0.25) is 4.79 Å². The Labute approximate surface area is 123 Å². The summed E-state index contributed by atoms with van der Waals surface area (Å²) in [6.07, 6.45) is 1.40. The molecule has 0 aliphatic carbocycles. The second-order valence-electron chi connectivity index (χ2n) is 5.04. The molecule has 0 bridgehead atoms. The van der Waals surface area contributed by atoms with E-state index in [4.69, 9.17) is 5.73 Å². The summed E-state index contributed by atoms with van der Waals surface area (Å²) in [6.45, 7) is 1.25. The van der Waals surface area contributed by atoms with Crippen LogP contribution in [0.25, 0.3) is 0 Å². The normalized spacial score (nSPS) is 17.9. The molecule has 1 amide bonds. The quantitative estimate of drug-likeness (QED) is 0.941. The summed E-state index contributed by atoms with van der Waals surface area (Å²) in [5.74, 6) is 0.178. The highest BCUT2D eigenvalue weighted by atomic mass is 32.1. The van der Waals surface area contributed by atoms with Crippen LogP contribution in [0.2, 0.25) is 0 Å². The predicted octanol–water partition coefficient (Wildman–Crippen LogP) is 2.38. The lowest BCUT2D eigenvalue weighted by Crippen LogP contribution is -2.43. The predicted molar refractivity (Wildman–Crippen MR) is 81.7 cm³/mol. The van der Waals surface area contributed by atoms with Gasteiger partial charge < -0.3 is 10.6 Å². The highest BCUT2D eigenvalue weighted by Crippen LogP contribution is 2.29. The van der Waals surface area contributed by atoms with Crippen molar-refractivity contribution in [2.75, 3.05) is 13.1 Å². The van der Waals surface area contributed by atoms with Gasteiger partial charge in [-0.2, -0.15) is 0 Å². The first-order valence-electron chi connectivity index (χ1n) is 6.89. The number of thiophene rings is 1. The molecule has 1 unspecified atom stereocenters. The maximum absolute atomic E-state index is 12.5. The summed E-state index contributed by atoms with van der Waals surface area (Å²) < 4.78 is 0. The molecule has 1 aliphatic rings. The summed E-state index contributed by atoms with van der Waals surface area (Å²) in [7, 11) is 0. The summed E-state index contributed by atoms with van der Waals surface area (Å²) in [5.41, 5.74) is 8.46. The van der Waals surface area contributed by atoms with Crippen molar-refractivity contribution in [1.82, 2.24) is 4.90 Å². The van der Waals surface area contributed by atoms with E-state index in [0.717, 1.165) is 17.8 Å². The molecule has 1 aromatic heterocycles. The molecular formula is C16H18N2OS. The van der Waals surface area contributed by atoms with Crippen molar-refractivity contribution in [3.63, 3.8) is 0 Å². The molecule has 104 valence electrons. The Kier molecular flexibility index (Phi) is 3.85. The molecule has 0 radical (unpaired) electrons. The molecule has 0 saturated carbocycles. The number of amides is 1. The number of hydrogen-bond donors (Lipinski definition) is 1. The summed E-state index contributed by atoms with van der Waals surface area (Å²) >= 11 is 1.63. The SMILES string of the molecule is NCC1c2ccccc2CCN1C(=O)Cc1cccs1. The summed E-state index contributed by atoms with van der Waals surface area (Å²) in [4.78, 5) is 15.6. The molecule has 0 fully saturated rings. The van der Waals surface area contributed by atoms with Crippen LogP contribution in [0, 0.1) is 0 Å². The van der Waals surface area contributed by atoms with E-state index in [2.05, 4.69) is 18.2 Å². The topological polar surface area (TPSA) is 46.3 Å². The molecular weight excluding hydrogens is 268 g/mol. The van der Waals surface area contributed by atoms with E-state index in [9.17, 15) is 4.79 Å². The zero-order chi connectivity index (χ0) is 13.9. The highest BCUT2D eigenvalue weighted by Gasteiger charge is 2.29. The molecule has 1 aliphatic heterocycles. The van der Waals surface area contributed by atoms with E-state index in [1.54, 1.807) is 11.3 Å². The van der Waals surface area contributed by atoms with Crippen LogP contribution < -0.4 is 5.73 Å². The van der Waals surface area contributed by atoms with Gasteiger partial charge in [0, 0.05) is 18.0 Å². The van der Waals surface area contributed by atoms with Gasteiger partial charge in [0.1, 0.15) is 0 Å². The molecule has 20 heavy (non-hydrogen) atoms. The average Bonchev–Trinajstić information content (AvgIpc) is 2.98. The van der Waals surface area contributed by atoms with E-state index >= 15 is 0 Å². The van der Waals surface area contributed by atoms with E-state index in [0.29, 0.717) is 13.0 Å². The van der Waals surface area contributed by atoms with Crippen molar-refractivity contribution in [3.8, 4) is 0 Å². The first kappa shape index (κ1) is 13.3. The largest absolute Gasteiger partial charge is 0.334 e. The van der Waals surface area contributed by atoms with Crippen molar-refractivity contribution in [2.45, 2.75) is 18.9 Å². The first-order chi connectivity index (χ1) is 9.79. The zero-order valence-electron chi connectivity index (χ0n) is 11.3. The van der Waals surface area contributed by atoms with Crippen LogP contribution in [0.15, 0.2) is 41.8 Å². The van der Waals surface area contributed by atoms with Gasteiger partial charge in [-0.05, 0) is 29.0 Å². The minimum absolute atomic E-state index is 0.0208. The van der Waals surface area contributed by atoms with Crippen LogP contribution in [0.4, 0.5) is 0 Å². The molecule has 0 spiro atoms. The molecule has 0 saturated heterocycles. The van der Waals surface area contributed by atoms with E-state index < -0.39 is 0 Å². The fourth-order valence-electron chi connectivity index (χ4n) is 2.87. The molecule has 1 atom stereocenters. The third kappa shape index (κ3) is 2.49. The number of rotatable bonds is 3. The lowest BCUT2D eigenvalue weighted by atomic mass is 9.92. The molecule has 3 rings (SSSR count). The lowest BCUT2D eigenvalue weighted by molar-refractivity contribution is -0.133. The van der Waals surface area contributed by atoms with Gasteiger partial charge in [0.15, 0.2) is 0 Å². The van der Waals surface area contributed by atoms with Crippen LogP contribution in [0.1, 0.15) is 22.0 Å². The Morgan fingerprint density at radius 1 is 1.30 bits per heavy atom. The van der Waals surface area contributed by atoms with Crippen molar-refractivity contribution in [1.29, 1.82) is 0 Å². The summed E-state index contributed by atoms with van der Waals surface area (Å²) in [5, 5.41) is 2.01. The van der Waals surface area contributed by atoms with Gasteiger partial charge in [-0.25, -0.2) is 0 Å². The third-order valence-corrected chi connectivity index (χ3v) is 4.74. The third-order valence-electron chi connectivity index (χ3n) is 3.86. The molecule has 4 heteroatoms. The number of nitrogens with zero attached hydrogens (tertiary/aromatic N) is 1. The Morgan fingerprint density at radius 3 is 2.90 bits per heavy atom. The van der Waals surface area contributed by atoms with Gasteiger partial charge in [-0.1, -0.05) is 30.3 Å². The summed E-state index contributed by atoms with van der Waals surface area (Å²) in [6, 6.07) is 12.3. The molecule has 2 N–H and O–H groups in total. The monoisotopic (exact) mass is 286 g/mol. The second kappa shape index (κ2) is 5.77. The van der Waals surface area contributed by atoms with Crippen molar-refractivity contribution < 1.29 is 4.79 Å². The smallest absolute Gasteiger partial charge is 0.228 e. The van der Waals surface area contributed by atoms with Crippen molar-refractivity contribution in [2.24, 2.45) is 5.73 Å². The van der Waals surface area contributed by atoms with Gasteiger partial charge in [-0.15, -0.1) is 11.3 Å². The number of fused-ring (bicyclic) bond motifs is 1. The van der Waals surface area contributed by atoms with Crippen molar-refractivity contribution in [3.05, 3.63) is 57.8 Å². The van der Waals surface area contributed by atoms with Crippen LogP contribution in [-0.4, -0.2) is 23.9 Å². The van der Waals surface area contributed by atoms with Crippen molar-refractivity contribution >= 4 is 17.2 Å². The van der Waals surface area contributed by atoms with E-state index in [-0.39, 0.29) is 11.9 Å². The minimum atomic E-state index is 0.0208. The second-order valence-corrected chi connectivity index (χ2v) is 6.08. The number of carbonyl (C=O) groups excluding carboxylic acids is 1. The Balaban J connectivity index is 1.82. The number of benzene rings is 1. The van der Waals surface area contributed by atoms with Gasteiger partial charge in [0.05, 0.1) is 12.5 Å².